The van der Waals surface area contributed by atoms with Crippen molar-refractivity contribution in [2.45, 2.75) is 4.90 Å². The van der Waals surface area contributed by atoms with E-state index in [-0.39, 0.29) is 17.3 Å². The number of benzene rings is 2. The van der Waals surface area contributed by atoms with E-state index in [1.54, 1.807) is 24.3 Å². The van der Waals surface area contributed by atoms with Crippen LogP contribution in [0.3, 0.4) is 0 Å². The molecule has 140 valence electrons. The normalized spacial score (nSPS) is 10.9. The first-order valence-corrected chi connectivity index (χ1v) is 9.13. The largest absolute Gasteiger partial charge is 0.493 e. The molecule has 2 aromatic carbocycles. The van der Waals surface area contributed by atoms with Crippen molar-refractivity contribution < 1.29 is 27.4 Å². The maximum atomic E-state index is 12.2. The van der Waals surface area contributed by atoms with Crippen molar-refractivity contribution in [2.24, 2.45) is 0 Å². The van der Waals surface area contributed by atoms with Gasteiger partial charge in [0, 0.05) is 11.1 Å². The van der Waals surface area contributed by atoms with Crippen molar-refractivity contribution in [3.8, 4) is 17.2 Å². The number of rotatable bonds is 8. The van der Waals surface area contributed by atoms with Gasteiger partial charge in [-0.25, -0.2) is 8.42 Å². The van der Waals surface area contributed by atoms with E-state index in [1.165, 1.54) is 32.4 Å². The summed E-state index contributed by atoms with van der Waals surface area (Å²) >= 11 is 5.74. The third-order valence-corrected chi connectivity index (χ3v) is 4.67. The van der Waals surface area contributed by atoms with Crippen LogP contribution >= 0.6 is 11.6 Å². The summed E-state index contributed by atoms with van der Waals surface area (Å²) in [5.74, 6) is 0.371. The number of hydrogen-bond acceptors (Lipinski definition) is 6. The summed E-state index contributed by atoms with van der Waals surface area (Å²) in [7, 11) is -1.17. The third-order valence-electron chi connectivity index (χ3n) is 3.17. The zero-order valence-corrected chi connectivity index (χ0v) is 15.6. The van der Waals surface area contributed by atoms with Gasteiger partial charge in [0.2, 0.25) is 0 Å². The van der Waals surface area contributed by atoms with Gasteiger partial charge in [0.15, 0.2) is 18.1 Å². The number of hydrazine groups is 1. The standard InChI is InChI=1S/C16H17ClN2O6S/c1-23-14-8-7-13(9-15(14)24-2)26(21,22)19-18-16(20)10-25-12-5-3-11(17)4-6-12/h3-9,19H,10H2,1-2H3,(H,18,20). The predicted molar refractivity (Wildman–Crippen MR) is 95.0 cm³/mol. The molecule has 1 amide bonds. The van der Waals surface area contributed by atoms with Crippen molar-refractivity contribution >= 4 is 27.5 Å². The molecule has 0 aromatic heterocycles. The highest BCUT2D eigenvalue weighted by Crippen LogP contribution is 2.29. The van der Waals surface area contributed by atoms with Crippen molar-refractivity contribution in [1.82, 2.24) is 10.3 Å². The zero-order valence-electron chi connectivity index (χ0n) is 14.0. The quantitative estimate of drug-likeness (QED) is 0.654. The van der Waals surface area contributed by atoms with E-state index >= 15 is 0 Å². The Balaban J connectivity index is 1.94. The minimum Gasteiger partial charge on any atom is -0.493 e. The predicted octanol–water partition coefficient (Wildman–Crippen LogP) is 1.75. The minimum absolute atomic E-state index is 0.103. The van der Waals surface area contributed by atoms with Gasteiger partial charge < -0.3 is 14.2 Å². The van der Waals surface area contributed by atoms with Crippen LogP contribution in [0.25, 0.3) is 0 Å². The summed E-state index contributed by atoms with van der Waals surface area (Å²) in [6, 6.07) is 10.4. The van der Waals surface area contributed by atoms with Crippen LogP contribution < -0.4 is 24.5 Å². The number of hydrogen-bond donors (Lipinski definition) is 2. The Bertz CT molecular complexity index is 871. The monoisotopic (exact) mass is 400 g/mol. The number of halogens is 1. The molecule has 0 bridgehead atoms. The summed E-state index contributed by atoms with van der Waals surface area (Å²) in [4.78, 5) is 13.6. The zero-order chi connectivity index (χ0) is 19.2. The van der Waals surface area contributed by atoms with Crippen molar-refractivity contribution in [3.05, 3.63) is 47.5 Å². The van der Waals surface area contributed by atoms with Gasteiger partial charge in [-0.3, -0.25) is 10.2 Å². The first-order valence-electron chi connectivity index (χ1n) is 7.27. The van der Waals surface area contributed by atoms with E-state index in [4.69, 9.17) is 25.8 Å². The highest BCUT2D eigenvalue weighted by molar-refractivity contribution is 7.89. The molecule has 0 spiro atoms. The maximum absolute atomic E-state index is 12.2. The second-order valence-corrected chi connectivity index (χ2v) is 7.03. The fourth-order valence-electron chi connectivity index (χ4n) is 1.88. The molecule has 0 unspecified atom stereocenters. The van der Waals surface area contributed by atoms with Gasteiger partial charge >= 0.3 is 0 Å². The number of sulfonamides is 1. The first-order chi connectivity index (χ1) is 12.4. The second-order valence-electron chi connectivity index (χ2n) is 4.91. The van der Waals surface area contributed by atoms with Crippen LogP contribution in [-0.4, -0.2) is 35.2 Å². The van der Waals surface area contributed by atoms with Gasteiger partial charge in [-0.15, -0.1) is 4.83 Å². The van der Waals surface area contributed by atoms with Gasteiger partial charge in [0.05, 0.1) is 19.1 Å². The average molecular weight is 401 g/mol. The van der Waals surface area contributed by atoms with E-state index in [2.05, 4.69) is 5.43 Å². The SMILES string of the molecule is COc1ccc(S(=O)(=O)NNC(=O)COc2ccc(Cl)cc2)cc1OC. The average Bonchev–Trinajstić information content (AvgIpc) is 2.65. The molecule has 0 aliphatic rings. The van der Waals surface area contributed by atoms with Crippen molar-refractivity contribution in [3.63, 3.8) is 0 Å². The summed E-state index contributed by atoms with van der Waals surface area (Å²) in [6.07, 6.45) is 0. The lowest BCUT2D eigenvalue weighted by molar-refractivity contribution is -0.123. The molecule has 0 atom stereocenters. The molecule has 0 radical (unpaired) electrons. The smallest absolute Gasteiger partial charge is 0.272 e. The Labute approximate surface area is 156 Å². The fraction of sp³-hybridized carbons (Fsp3) is 0.188. The topological polar surface area (TPSA) is 103 Å². The Morgan fingerprint density at radius 3 is 2.31 bits per heavy atom. The van der Waals surface area contributed by atoms with E-state index in [0.29, 0.717) is 16.5 Å². The third kappa shape index (κ3) is 5.25. The number of carbonyl (C=O) groups excluding carboxylic acids is 1. The van der Waals surface area contributed by atoms with E-state index in [1.807, 2.05) is 4.83 Å². The molecule has 2 rings (SSSR count). The number of ether oxygens (including phenoxy) is 3. The van der Waals surface area contributed by atoms with Gasteiger partial charge in [0.1, 0.15) is 5.75 Å². The lowest BCUT2D eigenvalue weighted by Gasteiger charge is -2.12. The lowest BCUT2D eigenvalue weighted by Crippen LogP contribution is -2.43. The maximum Gasteiger partial charge on any atom is 0.272 e. The second kappa shape index (κ2) is 8.75. The Morgan fingerprint density at radius 1 is 1.04 bits per heavy atom. The van der Waals surface area contributed by atoms with Crippen LogP contribution in [0.4, 0.5) is 0 Å². The number of carbonyl (C=O) groups is 1. The molecule has 0 aliphatic heterocycles. The lowest BCUT2D eigenvalue weighted by atomic mass is 10.3. The Morgan fingerprint density at radius 2 is 1.69 bits per heavy atom. The van der Waals surface area contributed by atoms with Crippen molar-refractivity contribution in [2.75, 3.05) is 20.8 Å². The minimum atomic E-state index is -3.99. The summed E-state index contributed by atoms with van der Waals surface area (Å²) in [5.41, 5.74) is 2.07. The van der Waals surface area contributed by atoms with Gasteiger partial charge in [-0.2, -0.15) is 0 Å². The first kappa shape index (κ1) is 19.8. The molecular formula is C16H17ClN2O6S. The van der Waals surface area contributed by atoms with Crippen molar-refractivity contribution in [1.29, 1.82) is 0 Å². The van der Waals surface area contributed by atoms with Gasteiger partial charge in [-0.05, 0) is 36.4 Å². The Hall–Kier alpha value is -2.49. The number of methoxy groups -OCH3 is 2. The van der Waals surface area contributed by atoms with Gasteiger partial charge in [0.25, 0.3) is 15.9 Å². The van der Waals surface area contributed by atoms with Gasteiger partial charge in [-0.1, -0.05) is 11.6 Å². The summed E-state index contributed by atoms with van der Waals surface area (Å²) in [5, 5.41) is 0.532. The summed E-state index contributed by atoms with van der Waals surface area (Å²) < 4.78 is 39.8. The highest BCUT2D eigenvalue weighted by atomic mass is 35.5. The summed E-state index contributed by atoms with van der Waals surface area (Å²) in [6.45, 7) is -0.379. The molecule has 0 fully saturated rings. The van der Waals surface area contributed by atoms with Crippen LogP contribution in [-0.2, 0) is 14.8 Å². The van der Waals surface area contributed by atoms with Crippen LogP contribution in [0, 0.1) is 0 Å². The molecule has 2 N–H and O–H groups in total. The molecule has 0 saturated carbocycles. The highest BCUT2D eigenvalue weighted by Gasteiger charge is 2.18. The molecule has 8 nitrogen and oxygen atoms in total. The van der Waals surface area contributed by atoms with Crippen LogP contribution in [0.2, 0.25) is 5.02 Å². The number of amides is 1. The van der Waals surface area contributed by atoms with E-state index < -0.39 is 15.9 Å². The van der Waals surface area contributed by atoms with Crippen LogP contribution in [0.1, 0.15) is 0 Å². The molecule has 0 saturated heterocycles. The van der Waals surface area contributed by atoms with E-state index in [9.17, 15) is 13.2 Å². The molecule has 2 aromatic rings. The fourth-order valence-corrected chi connectivity index (χ4v) is 2.88. The molecular weight excluding hydrogens is 384 g/mol. The molecule has 10 heteroatoms. The van der Waals surface area contributed by atoms with E-state index in [0.717, 1.165) is 0 Å². The molecule has 0 aliphatic carbocycles. The molecule has 0 heterocycles. The van der Waals surface area contributed by atoms with Crippen LogP contribution in [0.15, 0.2) is 47.4 Å². The molecule has 26 heavy (non-hydrogen) atoms. The van der Waals surface area contributed by atoms with Crippen LogP contribution in [0.5, 0.6) is 17.2 Å². The number of nitrogens with one attached hydrogen (secondary N) is 2. The Kier molecular flexibility index (Phi) is 6.67.